The van der Waals surface area contributed by atoms with Crippen molar-refractivity contribution >= 4 is 0 Å². The summed E-state index contributed by atoms with van der Waals surface area (Å²) in [4.78, 5) is 2.46. The lowest BCUT2D eigenvalue weighted by atomic mass is 10.1. The number of rotatable bonds is 2. The van der Waals surface area contributed by atoms with Crippen LogP contribution in [0.5, 0.6) is 5.75 Å². The Hall–Kier alpha value is -1.02. The van der Waals surface area contributed by atoms with Gasteiger partial charge in [-0.15, -0.1) is 0 Å². The van der Waals surface area contributed by atoms with Crippen molar-refractivity contribution in [1.29, 1.82) is 0 Å². The minimum absolute atomic E-state index is 0.478. The van der Waals surface area contributed by atoms with E-state index in [1.54, 1.807) is 0 Å². The second kappa shape index (κ2) is 5.35. The molecule has 1 aliphatic rings. The van der Waals surface area contributed by atoms with E-state index in [0.717, 1.165) is 17.7 Å². The smallest absolute Gasteiger partial charge is 0.122 e. The first-order valence-electron chi connectivity index (χ1n) is 6.27. The summed E-state index contributed by atoms with van der Waals surface area (Å²) < 4.78 is 0. The van der Waals surface area contributed by atoms with Crippen LogP contribution >= 0.6 is 0 Å². The zero-order valence-corrected chi connectivity index (χ0v) is 10.1. The number of phenols is 1. The van der Waals surface area contributed by atoms with Crippen LogP contribution in [-0.4, -0.2) is 23.1 Å². The Morgan fingerprint density at radius 1 is 1.12 bits per heavy atom. The molecule has 0 unspecified atom stereocenters. The zero-order chi connectivity index (χ0) is 11.4. The molecular formula is C14H21NO. The molecule has 0 atom stereocenters. The van der Waals surface area contributed by atoms with E-state index in [2.05, 4.69) is 4.90 Å². The number of likely N-dealkylation sites (tertiary alicyclic amines) is 1. The maximum atomic E-state index is 9.97. The Bertz CT molecular complexity index is 341. The van der Waals surface area contributed by atoms with Gasteiger partial charge in [-0.2, -0.15) is 0 Å². The Labute approximate surface area is 97.9 Å². The second-order valence-electron chi connectivity index (χ2n) is 4.77. The highest BCUT2D eigenvalue weighted by Gasteiger charge is 2.11. The summed E-state index contributed by atoms with van der Waals surface area (Å²) in [7, 11) is 0. The molecule has 1 heterocycles. The lowest BCUT2D eigenvalue weighted by molar-refractivity contribution is 0.272. The van der Waals surface area contributed by atoms with Crippen molar-refractivity contribution in [3.05, 3.63) is 29.3 Å². The van der Waals surface area contributed by atoms with Gasteiger partial charge in [0.25, 0.3) is 0 Å². The molecule has 0 saturated carbocycles. The van der Waals surface area contributed by atoms with E-state index in [4.69, 9.17) is 0 Å². The molecule has 0 aromatic heterocycles. The number of aryl methyl sites for hydroxylation is 1. The molecule has 0 aliphatic carbocycles. The highest BCUT2D eigenvalue weighted by atomic mass is 16.3. The van der Waals surface area contributed by atoms with Crippen LogP contribution in [0, 0.1) is 6.92 Å². The highest BCUT2D eigenvalue weighted by molar-refractivity contribution is 5.39. The maximum Gasteiger partial charge on any atom is 0.122 e. The minimum atomic E-state index is 0.478. The highest BCUT2D eigenvalue weighted by Crippen LogP contribution is 2.23. The van der Waals surface area contributed by atoms with E-state index < -0.39 is 0 Å². The summed E-state index contributed by atoms with van der Waals surface area (Å²) in [5.41, 5.74) is 2.05. The molecule has 0 spiro atoms. The maximum absolute atomic E-state index is 9.97. The first kappa shape index (κ1) is 11.5. The molecule has 1 fully saturated rings. The lowest BCUT2D eigenvalue weighted by Gasteiger charge is -2.20. The molecule has 0 amide bonds. The number of hydrogen-bond donors (Lipinski definition) is 1. The predicted octanol–water partition coefficient (Wildman–Crippen LogP) is 3.08. The van der Waals surface area contributed by atoms with Gasteiger partial charge < -0.3 is 5.11 Å². The molecule has 0 radical (unpaired) electrons. The molecule has 1 N–H and O–H groups in total. The van der Waals surface area contributed by atoms with Crippen molar-refractivity contribution in [2.24, 2.45) is 0 Å². The van der Waals surface area contributed by atoms with Crippen molar-refractivity contribution < 1.29 is 5.11 Å². The molecule has 0 bridgehead atoms. The lowest BCUT2D eigenvalue weighted by Crippen LogP contribution is -2.24. The van der Waals surface area contributed by atoms with E-state index in [-0.39, 0.29) is 0 Å². The fraction of sp³-hybridized carbons (Fsp3) is 0.571. The number of nitrogens with zero attached hydrogens (tertiary/aromatic N) is 1. The van der Waals surface area contributed by atoms with Gasteiger partial charge in [0.05, 0.1) is 0 Å². The minimum Gasteiger partial charge on any atom is -0.507 e. The summed E-state index contributed by atoms with van der Waals surface area (Å²) in [6, 6.07) is 6.02. The number of phenolic OH excluding ortho intramolecular Hbond substituents is 1. The van der Waals surface area contributed by atoms with Gasteiger partial charge in [0, 0.05) is 12.1 Å². The molecule has 2 rings (SSSR count). The Morgan fingerprint density at radius 2 is 1.81 bits per heavy atom. The van der Waals surface area contributed by atoms with Crippen LogP contribution in [0.15, 0.2) is 18.2 Å². The fourth-order valence-corrected chi connectivity index (χ4v) is 2.38. The van der Waals surface area contributed by atoms with E-state index >= 15 is 0 Å². The molecule has 88 valence electrons. The third-order valence-electron chi connectivity index (χ3n) is 3.41. The van der Waals surface area contributed by atoms with Crippen LogP contribution in [0.25, 0.3) is 0 Å². The third kappa shape index (κ3) is 2.76. The second-order valence-corrected chi connectivity index (χ2v) is 4.77. The van der Waals surface area contributed by atoms with Gasteiger partial charge in [0.15, 0.2) is 0 Å². The number of aromatic hydroxyl groups is 1. The summed E-state index contributed by atoms with van der Waals surface area (Å²) in [6.07, 6.45) is 5.31. The Balaban J connectivity index is 2.04. The number of para-hydroxylation sites is 1. The molecule has 16 heavy (non-hydrogen) atoms. The van der Waals surface area contributed by atoms with E-state index in [9.17, 15) is 5.11 Å². The first-order chi connectivity index (χ1) is 7.77. The molecule has 2 nitrogen and oxygen atoms in total. The quantitative estimate of drug-likeness (QED) is 0.826. The fourth-order valence-electron chi connectivity index (χ4n) is 2.38. The van der Waals surface area contributed by atoms with E-state index in [1.807, 2.05) is 25.1 Å². The average Bonchev–Trinajstić information content (AvgIpc) is 2.53. The molecule has 1 aromatic carbocycles. The SMILES string of the molecule is Cc1cccc(CN2CCCCCC2)c1O. The van der Waals surface area contributed by atoms with Gasteiger partial charge in [-0.05, 0) is 38.4 Å². The standard InChI is InChI=1S/C14H21NO/c1-12-7-6-8-13(14(12)16)11-15-9-4-2-3-5-10-15/h6-8,16H,2-5,9-11H2,1H3. The van der Waals surface area contributed by atoms with Crippen LogP contribution in [0.3, 0.4) is 0 Å². The summed E-state index contributed by atoms with van der Waals surface area (Å²) in [6.45, 7) is 5.20. The molecule has 1 aliphatic heterocycles. The van der Waals surface area contributed by atoms with Crippen LogP contribution in [0.4, 0.5) is 0 Å². The van der Waals surface area contributed by atoms with Crippen LogP contribution < -0.4 is 0 Å². The van der Waals surface area contributed by atoms with E-state index in [1.165, 1.54) is 38.8 Å². The van der Waals surface area contributed by atoms with Crippen molar-refractivity contribution in [3.63, 3.8) is 0 Å². The van der Waals surface area contributed by atoms with Gasteiger partial charge >= 0.3 is 0 Å². The molecule has 1 saturated heterocycles. The van der Waals surface area contributed by atoms with Gasteiger partial charge in [-0.1, -0.05) is 31.0 Å². The third-order valence-corrected chi connectivity index (χ3v) is 3.41. The normalized spacial score (nSPS) is 18.3. The van der Waals surface area contributed by atoms with Crippen molar-refractivity contribution in [3.8, 4) is 5.75 Å². The molecular weight excluding hydrogens is 198 g/mol. The van der Waals surface area contributed by atoms with E-state index in [0.29, 0.717) is 5.75 Å². The van der Waals surface area contributed by atoms with Crippen LogP contribution in [0.1, 0.15) is 36.8 Å². The van der Waals surface area contributed by atoms with Crippen LogP contribution in [0.2, 0.25) is 0 Å². The van der Waals surface area contributed by atoms with Gasteiger partial charge in [-0.3, -0.25) is 4.90 Å². The summed E-state index contributed by atoms with van der Waals surface area (Å²) in [5, 5.41) is 9.97. The van der Waals surface area contributed by atoms with Gasteiger partial charge in [-0.25, -0.2) is 0 Å². The Morgan fingerprint density at radius 3 is 2.50 bits per heavy atom. The topological polar surface area (TPSA) is 23.5 Å². The van der Waals surface area contributed by atoms with Crippen LogP contribution in [-0.2, 0) is 6.54 Å². The molecule has 1 aromatic rings. The number of hydrogen-bond acceptors (Lipinski definition) is 2. The van der Waals surface area contributed by atoms with Gasteiger partial charge in [0.2, 0.25) is 0 Å². The summed E-state index contributed by atoms with van der Waals surface area (Å²) in [5.74, 6) is 0.478. The Kier molecular flexibility index (Phi) is 3.83. The van der Waals surface area contributed by atoms with Crippen molar-refractivity contribution in [1.82, 2.24) is 4.90 Å². The predicted molar refractivity (Wildman–Crippen MR) is 66.6 cm³/mol. The molecule has 2 heteroatoms. The van der Waals surface area contributed by atoms with Crippen molar-refractivity contribution in [2.75, 3.05) is 13.1 Å². The summed E-state index contributed by atoms with van der Waals surface area (Å²) >= 11 is 0. The van der Waals surface area contributed by atoms with Gasteiger partial charge in [0.1, 0.15) is 5.75 Å². The monoisotopic (exact) mass is 219 g/mol. The first-order valence-corrected chi connectivity index (χ1v) is 6.27. The largest absolute Gasteiger partial charge is 0.507 e. The van der Waals surface area contributed by atoms with Crippen molar-refractivity contribution in [2.45, 2.75) is 39.2 Å². The number of benzene rings is 1. The zero-order valence-electron chi connectivity index (χ0n) is 10.1. The average molecular weight is 219 g/mol.